The van der Waals surface area contributed by atoms with Gasteiger partial charge in [-0.2, -0.15) is 0 Å². The molecule has 0 aliphatic rings. The average Bonchev–Trinajstić information content (AvgIpc) is 3.39. The summed E-state index contributed by atoms with van der Waals surface area (Å²) >= 11 is 0. The van der Waals surface area contributed by atoms with Gasteiger partial charge in [-0.05, 0) is 71.8 Å². The second kappa shape index (κ2) is 8.85. The molecule has 4 heteroatoms. The lowest BCUT2D eigenvalue weighted by Gasteiger charge is -2.09. The van der Waals surface area contributed by atoms with E-state index in [4.69, 9.17) is 14.4 Å². The molecule has 0 radical (unpaired) electrons. The highest BCUT2D eigenvalue weighted by Gasteiger charge is 2.11. The van der Waals surface area contributed by atoms with Gasteiger partial charge < -0.3 is 4.42 Å². The van der Waals surface area contributed by atoms with E-state index < -0.39 is 0 Å². The van der Waals surface area contributed by atoms with Crippen LogP contribution < -0.4 is 0 Å². The molecule has 0 saturated carbocycles. The number of furan rings is 1. The standard InChI is InChI=1S/C36H21FN2O/c37-28-15-10-22(11-16-28)31-17-12-23-8-9-24-13-18-32(39-36(24)35(23)38-31)27-5-3-4-25(20-27)26-14-19-34-30(21-26)29-6-1-2-7-33(29)40-34/h1-21H. The van der Waals surface area contributed by atoms with Gasteiger partial charge in [-0.25, -0.2) is 14.4 Å². The van der Waals surface area contributed by atoms with Gasteiger partial charge in [-0.15, -0.1) is 0 Å². The fourth-order valence-electron chi connectivity index (χ4n) is 5.47. The summed E-state index contributed by atoms with van der Waals surface area (Å²) in [6, 6.07) is 41.7. The van der Waals surface area contributed by atoms with Crippen molar-refractivity contribution in [2.24, 2.45) is 0 Å². The van der Waals surface area contributed by atoms with Crippen molar-refractivity contribution < 1.29 is 8.81 Å². The Hall–Kier alpha value is -5.35. The number of benzene rings is 5. The Bertz CT molecular complexity index is 2230. The molecule has 0 N–H and O–H groups in total. The van der Waals surface area contributed by atoms with Crippen molar-refractivity contribution in [3.63, 3.8) is 0 Å². The summed E-state index contributed by atoms with van der Waals surface area (Å²) in [5, 5.41) is 4.26. The maximum atomic E-state index is 13.5. The first-order valence-electron chi connectivity index (χ1n) is 13.2. The highest BCUT2D eigenvalue weighted by molar-refractivity contribution is 6.06. The van der Waals surface area contributed by atoms with Crippen LogP contribution in [0.4, 0.5) is 4.39 Å². The number of nitrogens with zero attached hydrogens (tertiary/aromatic N) is 2. The van der Waals surface area contributed by atoms with Gasteiger partial charge >= 0.3 is 0 Å². The number of para-hydroxylation sites is 1. The molecule has 0 saturated heterocycles. The van der Waals surface area contributed by atoms with Gasteiger partial charge in [0.25, 0.3) is 0 Å². The van der Waals surface area contributed by atoms with Gasteiger partial charge in [0, 0.05) is 32.7 Å². The lowest BCUT2D eigenvalue weighted by atomic mass is 9.99. The SMILES string of the molecule is Fc1ccc(-c2ccc3ccc4ccc(-c5cccc(-c6ccc7oc8ccccc8c7c6)c5)nc4c3n2)cc1. The summed E-state index contributed by atoms with van der Waals surface area (Å²) in [6.07, 6.45) is 0. The number of fused-ring (bicyclic) bond motifs is 6. The van der Waals surface area contributed by atoms with E-state index in [9.17, 15) is 4.39 Å². The summed E-state index contributed by atoms with van der Waals surface area (Å²) in [7, 11) is 0. The third kappa shape index (κ3) is 3.73. The van der Waals surface area contributed by atoms with Crippen LogP contribution in [0.2, 0.25) is 0 Å². The molecule has 0 unspecified atom stereocenters. The lowest BCUT2D eigenvalue weighted by molar-refractivity contribution is 0.628. The molecule has 3 nitrogen and oxygen atoms in total. The van der Waals surface area contributed by atoms with Crippen molar-refractivity contribution in [1.82, 2.24) is 9.97 Å². The van der Waals surface area contributed by atoms with Crippen LogP contribution in [0.3, 0.4) is 0 Å². The van der Waals surface area contributed by atoms with Crippen LogP contribution in [0.1, 0.15) is 0 Å². The molecule has 0 amide bonds. The largest absolute Gasteiger partial charge is 0.456 e. The number of rotatable bonds is 3. The minimum absolute atomic E-state index is 0.262. The van der Waals surface area contributed by atoms with Crippen molar-refractivity contribution in [1.29, 1.82) is 0 Å². The second-order valence-electron chi connectivity index (χ2n) is 10.00. The van der Waals surface area contributed by atoms with E-state index in [0.29, 0.717) is 0 Å². The predicted molar refractivity (Wildman–Crippen MR) is 161 cm³/mol. The molecule has 0 aliphatic heterocycles. The number of hydrogen-bond donors (Lipinski definition) is 0. The summed E-state index contributed by atoms with van der Waals surface area (Å²) in [5.74, 6) is -0.262. The highest BCUT2D eigenvalue weighted by atomic mass is 19.1. The van der Waals surface area contributed by atoms with Crippen molar-refractivity contribution >= 4 is 43.7 Å². The molecule has 0 fully saturated rings. The van der Waals surface area contributed by atoms with Crippen LogP contribution in [-0.2, 0) is 0 Å². The lowest BCUT2D eigenvalue weighted by Crippen LogP contribution is -1.91. The van der Waals surface area contributed by atoms with Crippen LogP contribution in [0.25, 0.3) is 77.4 Å². The van der Waals surface area contributed by atoms with Gasteiger partial charge in [-0.3, -0.25) is 0 Å². The number of halogens is 1. The summed E-state index contributed by atoms with van der Waals surface area (Å²) in [5.41, 5.74) is 9.25. The van der Waals surface area contributed by atoms with E-state index in [1.165, 1.54) is 12.1 Å². The molecule has 40 heavy (non-hydrogen) atoms. The Kier molecular flexibility index (Phi) is 5.01. The number of pyridine rings is 2. The van der Waals surface area contributed by atoms with Gasteiger partial charge in [0.1, 0.15) is 17.0 Å². The quantitative estimate of drug-likeness (QED) is 0.219. The normalized spacial score (nSPS) is 11.6. The van der Waals surface area contributed by atoms with E-state index in [-0.39, 0.29) is 5.82 Å². The van der Waals surface area contributed by atoms with E-state index in [0.717, 1.165) is 77.4 Å². The smallest absolute Gasteiger partial charge is 0.135 e. The van der Waals surface area contributed by atoms with E-state index in [2.05, 4.69) is 66.7 Å². The summed E-state index contributed by atoms with van der Waals surface area (Å²) in [4.78, 5) is 10.1. The average molecular weight is 517 g/mol. The van der Waals surface area contributed by atoms with Crippen LogP contribution in [0.15, 0.2) is 132 Å². The monoisotopic (exact) mass is 516 g/mol. The minimum Gasteiger partial charge on any atom is -0.456 e. The summed E-state index contributed by atoms with van der Waals surface area (Å²) < 4.78 is 19.5. The van der Waals surface area contributed by atoms with Gasteiger partial charge in [-0.1, -0.05) is 66.7 Å². The van der Waals surface area contributed by atoms with Gasteiger partial charge in [0.15, 0.2) is 0 Å². The Morgan fingerprint density at radius 2 is 1.05 bits per heavy atom. The zero-order chi connectivity index (χ0) is 26.6. The maximum absolute atomic E-state index is 13.5. The predicted octanol–water partition coefficient (Wildman–Crippen LogP) is 9.82. The zero-order valence-corrected chi connectivity index (χ0v) is 21.3. The van der Waals surface area contributed by atoms with Crippen molar-refractivity contribution in [2.75, 3.05) is 0 Å². The fourth-order valence-corrected chi connectivity index (χ4v) is 5.47. The molecule has 8 aromatic rings. The Balaban J connectivity index is 1.24. The molecule has 0 bridgehead atoms. The van der Waals surface area contributed by atoms with Gasteiger partial charge in [0.2, 0.25) is 0 Å². The first-order valence-corrected chi connectivity index (χ1v) is 13.2. The molecule has 0 spiro atoms. The molecule has 0 atom stereocenters. The molecule has 5 aromatic carbocycles. The van der Waals surface area contributed by atoms with E-state index in [1.807, 2.05) is 36.4 Å². The Morgan fingerprint density at radius 1 is 0.450 bits per heavy atom. The van der Waals surface area contributed by atoms with Crippen molar-refractivity contribution in [3.05, 3.63) is 133 Å². The van der Waals surface area contributed by atoms with Crippen LogP contribution in [0, 0.1) is 5.82 Å². The van der Waals surface area contributed by atoms with Crippen LogP contribution >= 0.6 is 0 Å². The molecule has 8 rings (SSSR count). The molecule has 0 aliphatic carbocycles. The van der Waals surface area contributed by atoms with Crippen molar-refractivity contribution in [2.45, 2.75) is 0 Å². The molecule has 3 aromatic heterocycles. The minimum atomic E-state index is -0.262. The fraction of sp³-hybridized carbons (Fsp3) is 0. The third-order valence-electron chi connectivity index (χ3n) is 7.53. The topological polar surface area (TPSA) is 38.9 Å². The van der Waals surface area contributed by atoms with Gasteiger partial charge in [0.05, 0.1) is 22.4 Å². The molecular formula is C36H21FN2O. The first-order chi connectivity index (χ1) is 19.7. The van der Waals surface area contributed by atoms with Crippen LogP contribution in [0.5, 0.6) is 0 Å². The Morgan fingerprint density at radius 3 is 1.82 bits per heavy atom. The molecule has 3 heterocycles. The molecular weight excluding hydrogens is 495 g/mol. The van der Waals surface area contributed by atoms with Crippen molar-refractivity contribution in [3.8, 4) is 33.6 Å². The zero-order valence-electron chi connectivity index (χ0n) is 21.3. The Labute approximate surface area is 229 Å². The first kappa shape index (κ1) is 22.6. The maximum Gasteiger partial charge on any atom is 0.135 e. The summed E-state index contributed by atoms with van der Waals surface area (Å²) in [6.45, 7) is 0. The highest BCUT2D eigenvalue weighted by Crippen LogP contribution is 2.34. The second-order valence-corrected chi connectivity index (χ2v) is 10.00. The number of hydrogen-bond acceptors (Lipinski definition) is 3. The van der Waals surface area contributed by atoms with E-state index in [1.54, 1.807) is 12.1 Å². The number of aromatic nitrogens is 2. The molecule has 188 valence electrons. The van der Waals surface area contributed by atoms with Crippen LogP contribution in [-0.4, -0.2) is 9.97 Å². The van der Waals surface area contributed by atoms with E-state index >= 15 is 0 Å². The third-order valence-corrected chi connectivity index (χ3v) is 7.53.